The van der Waals surface area contributed by atoms with Crippen molar-refractivity contribution in [2.45, 2.75) is 30.1 Å². The van der Waals surface area contributed by atoms with Crippen LogP contribution in [-0.2, 0) is 10.2 Å². The highest BCUT2D eigenvalue weighted by molar-refractivity contribution is 6.35. The van der Waals surface area contributed by atoms with Crippen LogP contribution in [0.4, 0.5) is 0 Å². The van der Waals surface area contributed by atoms with E-state index >= 15 is 0 Å². The number of ether oxygens (including phenoxy) is 2. The first-order chi connectivity index (χ1) is 11.0. The highest BCUT2D eigenvalue weighted by atomic mass is 16.5. The first-order valence-corrected chi connectivity index (χ1v) is 7.73. The molecule has 1 fully saturated rings. The summed E-state index contributed by atoms with van der Waals surface area (Å²) in [5.41, 5.74) is 0.816. The van der Waals surface area contributed by atoms with Gasteiger partial charge < -0.3 is 14.4 Å². The third-order valence-corrected chi connectivity index (χ3v) is 5.04. The second kappa shape index (κ2) is 6.08. The molecule has 6 heteroatoms. The van der Waals surface area contributed by atoms with Crippen molar-refractivity contribution in [2.24, 2.45) is 0 Å². The van der Waals surface area contributed by atoms with E-state index in [1.54, 1.807) is 20.3 Å². The maximum atomic E-state index is 11.9. The second-order valence-electron chi connectivity index (χ2n) is 6.11. The number of ketones is 1. The predicted molar refractivity (Wildman–Crippen MR) is 90.4 cm³/mol. The number of benzene rings is 1. The Bertz CT molecular complexity index is 647. The van der Waals surface area contributed by atoms with E-state index in [1.807, 2.05) is 29.2 Å². The Balaban J connectivity index is 2.08. The van der Waals surface area contributed by atoms with Gasteiger partial charge in [-0.25, -0.2) is 0 Å². The van der Waals surface area contributed by atoms with E-state index < -0.39 is 5.84 Å². The molecule has 1 aromatic rings. The van der Waals surface area contributed by atoms with E-state index in [9.17, 15) is 4.79 Å². The summed E-state index contributed by atoms with van der Waals surface area (Å²) < 4.78 is 10.7. The molecule has 0 saturated carbocycles. The van der Waals surface area contributed by atoms with Crippen molar-refractivity contribution >= 4 is 21.5 Å². The van der Waals surface area contributed by atoms with Crippen molar-refractivity contribution in [2.75, 3.05) is 20.8 Å². The lowest BCUT2D eigenvalue weighted by atomic mass is 9.68. The summed E-state index contributed by atoms with van der Waals surface area (Å²) in [5, 5.41) is 0. The average molecular weight is 307 g/mol. The Labute approximate surface area is 139 Å². The van der Waals surface area contributed by atoms with Gasteiger partial charge in [-0.05, 0) is 36.7 Å². The number of hydrogen-bond donors (Lipinski definition) is 0. The fraction of sp³-hybridized carbons (Fsp3) is 0.471. The summed E-state index contributed by atoms with van der Waals surface area (Å²) in [5.74, 6) is 0.907. The molecule has 2 unspecified atom stereocenters. The maximum Gasteiger partial charge on any atom is 0.161 e. The molecular formula is C17H19B2NO3. The zero-order valence-electron chi connectivity index (χ0n) is 13.5. The minimum absolute atomic E-state index is 0.0295. The van der Waals surface area contributed by atoms with Gasteiger partial charge in [0.15, 0.2) is 17.3 Å². The Morgan fingerprint density at radius 2 is 2.00 bits per heavy atom. The topological polar surface area (TPSA) is 38.8 Å². The van der Waals surface area contributed by atoms with Gasteiger partial charge in [0.2, 0.25) is 0 Å². The molecule has 3 rings (SSSR count). The smallest absolute Gasteiger partial charge is 0.161 e. The van der Waals surface area contributed by atoms with Gasteiger partial charge in [-0.3, -0.25) is 4.79 Å². The van der Waals surface area contributed by atoms with Crippen LogP contribution in [0.2, 0.25) is 0 Å². The number of methoxy groups -OCH3 is 2. The first-order valence-electron chi connectivity index (χ1n) is 7.73. The molecule has 0 aromatic heterocycles. The summed E-state index contributed by atoms with van der Waals surface area (Å²) in [6, 6.07) is 5.88. The SMILES string of the molecule is [B]C([B])N1CCC2(c3ccc(OC)c(OC)c3)C=CC(=O)CC12. The van der Waals surface area contributed by atoms with E-state index in [0.29, 0.717) is 17.9 Å². The van der Waals surface area contributed by atoms with Crippen LogP contribution in [0.5, 0.6) is 11.5 Å². The van der Waals surface area contributed by atoms with Crippen LogP contribution in [0.15, 0.2) is 30.4 Å². The van der Waals surface area contributed by atoms with Crippen molar-refractivity contribution in [1.29, 1.82) is 0 Å². The number of fused-ring (bicyclic) bond motifs is 1. The minimum atomic E-state index is -0.568. The first kappa shape index (κ1) is 16.2. The standard InChI is InChI=1S/C17H19B2NO3/c1-22-13-4-3-11(9-14(13)23-2)17-6-5-12(21)10-15(17)20(8-7-17)16(18)19/h3-6,9,15-16H,7-8,10H2,1-2H3. The second-order valence-corrected chi connectivity index (χ2v) is 6.11. The van der Waals surface area contributed by atoms with Crippen LogP contribution in [0, 0.1) is 0 Å². The quantitative estimate of drug-likeness (QED) is 0.783. The third kappa shape index (κ3) is 2.59. The van der Waals surface area contributed by atoms with Crippen LogP contribution in [0.3, 0.4) is 0 Å². The molecule has 0 N–H and O–H groups in total. The molecule has 0 amide bonds. The summed E-state index contributed by atoms with van der Waals surface area (Å²) >= 11 is 0. The van der Waals surface area contributed by atoms with Crippen LogP contribution >= 0.6 is 0 Å². The lowest BCUT2D eigenvalue weighted by molar-refractivity contribution is -0.116. The van der Waals surface area contributed by atoms with E-state index in [4.69, 9.17) is 25.2 Å². The molecule has 2 aliphatic rings. The highest BCUT2D eigenvalue weighted by Gasteiger charge is 2.49. The van der Waals surface area contributed by atoms with Gasteiger partial charge in [-0.2, -0.15) is 0 Å². The van der Waals surface area contributed by atoms with Gasteiger partial charge >= 0.3 is 0 Å². The van der Waals surface area contributed by atoms with Gasteiger partial charge in [0, 0.05) is 17.9 Å². The summed E-state index contributed by atoms with van der Waals surface area (Å²) in [6.07, 6.45) is 4.98. The monoisotopic (exact) mass is 307 g/mol. The molecule has 116 valence electrons. The van der Waals surface area contributed by atoms with Crippen LogP contribution in [-0.4, -0.2) is 59.0 Å². The van der Waals surface area contributed by atoms with Crippen LogP contribution < -0.4 is 9.47 Å². The lowest BCUT2D eigenvalue weighted by Gasteiger charge is -2.40. The number of allylic oxidation sites excluding steroid dienone is 1. The number of carbonyl (C=O) groups is 1. The molecule has 4 radical (unpaired) electrons. The normalized spacial score (nSPS) is 27.3. The molecule has 0 spiro atoms. The molecular weight excluding hydrogens is 288 g/mol. The van der Waals surface area contributed by atoms with E-state index in [-0.39, 0.29) is 17.2 Å². The van der Waals surface area contributed by atoms with Crippen molar-refractivity contribution < 1.29 is 14.3 Å². The number of nitrogens with zero attached hydrogens (tertiary/aromatic N) is 1. The molecule has 1 heterocycles. The average Bonchev–Trinajstić information content (AvgIpc) is 2.94. The number of hydrogen-bond acceptors (Lipinski definition) is 4. The Kier molecular flexibility index (Phi) is 4.28. The molecule has 1 aliphatic heterocycles. The predicted octanol–water partition coefficient (Wildman–Crippen LogP) is 1.17. The van der Waals surface area contributed by atoms with Gasteiger partial charge in [0.25, 0.3) is 0 Å². The maximum absolute atomic E-state index is 11.9. The molecule has 1 aliphatic carbocycles. The molecule has 4 nitrogen and oxygen atoms in total. The molecule has 2 atom stereocenters. The van der Waals surface area contributed by atoms with Crippen LogP contribution in [0.1, 0.15) is 18.4 Å². The van der Waals surface area contributed by atoms with E-state index in [1.165, 1.54) is 0 Å². The fourth-order valence-corrected chi connectivity index (χ4v) is 3.84. The number of likely N-dealkylation sites (tertiary alicyclic amines) is 1. The van der Waals surface area contributed by atoms with Crippen molar-refractivity contribution in [1.82, 2.24) is 4.90 Å². The highest BCUT2D eigenvalue weighted by Crippen LogP contribution is 2.47. The number of carbonyl (C=O) groups excluding carboxylic acids is 1. The van der Waals surface area contributed by atoms with Gasteiger partial charge in [-0.1, -0.05) is 18.0 Å². The summed E-state index contributed by atoms with van der Waals surface area (Å²) in [6.45, 7) is 0.758. The van der Waals surface area contributed by atoms with E-state index in [0.717, 1.165) is 18.5 Å². The minimum Gasteiger partial charge on any atom is -0.493 e. The lowest BCUT2D eigenvalue weighted by Crippen LogP contribution is -2.49. The Morgan fingerprint density at radius 1 is 1.26 bits per heavy atom. The fourth-order valence-electron chi connectivity index (χ4n) is 3.84. The number of rotatable bonds is 4. The Morgan fingerprint density at radius 3 is 2.65 bits per heavy atom. The third-order valence-electron chi connectivity index (χ3n) is 5.04. The Hall–Kier alpha value is -1.68. The molecule has 0 bridgehead atoms. The van der Waals surface area contributed by atoms with Gasteiger partial charge in [0.1, 0.15) is 0 Å². The zero-order valence-corrected chi connectivity index (χ0v) is 13.5. The van der Waals surface area contributed by atoms with Gasteiger partial charge in [0.05, 0.1) is 29.9 Å². The van der Waals surface area contributed by atoms with Gasteiger partial charge in [-0.15, -0.1) is 0 Å². The van der Waals surface area contributed by atoms with E-state index in [2.05, 4.69) is 0 Å². The zero-order chi connectivity index (χ0) is 16.6. The summed E-state index contributed by atoms with van der Waals surface area (Å²) in [4.78, 5) is 13.9. The molecule has 23 heavy (non-hydrogen) atoms. The van der Waals surface area contributed by atoms with Crippen LogP contribution in [0.25, 0.3) is 0 Å². The van der Waals surface area contributed by atoms with Crippen molar-refractivity contribution in [3.05, 3.63) is 35.9 Å². The summed E-state index contributed by atoms with van der Waals surface area (Å²) in [7, 11) is 15.1. The molecule has 1 aromatic carbocycles. The molecule has 1 saturated heterocycles. The van der Waals surface area contributed by atoms with Crippen molar-refractivity contribution in [3.8, 4) is 11.5 Å². The van der Waals surface area contributed by atoms with Crippen molar-refractivity contribution in [3.63, 3.8) is 0 Å². The largest absolute Gasteiger partial charge is 0.493 e.